The Morgan fingerprint density at radius 3 is 2.37 bits per heavy atom. The molecule has 0 radical (unpaired) electrons. The zero-order valence-electron chi connectivity index (χ0n) is 28.1. The van der Waals surface area contributed by atoms with Gasteiger partial charge in [0.15, 0.2) is 0 Å². The monoisotopic (exact) mass is 842 g/mol. The van der Waals surface area contributed by atoms with Crippen LogP contribution in [0.15, 0.2) is 128 Å². The van der Waals surface area contributed by atoms with E-state index in [-0.39, 0.29) is 26.5 Å². The van der Waals surface area contributed by atoms with Crippen LogP contribution in [0, 0.1) is 12.1 Å². The van der Waals surface area contributed by atoms with E-state index in [0.29, 0.717) is 11.5 Å². The largest absolute Gasteiger partial charge is 2.00 e. The third-order valence-corrected chi connectivity index (χ3v) is 9.70. The van der Waals surface area contributed by atoms with Gasteiger partial charge < -0.3 is 23.2 Å². The molecule has 0 spiro atoms. The Labute approximate surface area is 310 Å². The summed E-state index contributed by atoms with van der Waals surface area (Å²) in [5.41, 5.74) is 8.12. The number of aromatic nitrogens is 4. The predicted octanol–water partition coefficient (Wildman–Crippen LogP) is 9.77. The first kappa shape index (κ1) is 31.4. The Morgan fingerprint density at radius 2 is 1.49 bits per heavy atom. The molecule has 5 aromatic carbocycles. The summed E-state index contributed by atoms with van der Waals surface area (Å²) in [6.45, 7) is 6.65. The van der Waals surface area contributed by atoms with Gasteiger partial charge in [0.2, 0.25) is 0 Å². The third kappa shape index (κ3) is 4.92. The van der Waals surface area contributed by atoms with Gasteiger partial charge in [0.25, 0.3) is 0 Å². The van der Waals surface area contributed by atoms with Crippen LogP contribution in [0.5, 0.6) is 17.2 Å². The molecule has 0 bridgehead atoms. The van der Waals surface area contributed by atoms with E-state index in [1.807, 2.05) is 42.7 Å². The average Bonchev–Trinajstić information content (AvgIpc) is 3.72. The van der Waals surface area contributed by atoms with Crippen LogP contribution < -0.4 is 14.2 Å². The fraction of sp³-hybridized carbons (Fsp3) is 0.0952. The van der Waals surface area contributed by atoms with E-state index < -0.39 is 7.19 Å². The van der Waals surface area contributed by atoms with Gasteiger partial charge in [0.1, 0.15) is 11.6 Å². The Balaban J connectivity index is 0.00000348. The van der Waals surface area contributed by atoms with Crippen molar-refractivity contribution >= 4 is 40.4 Å². The number of para-hydroxylation sites is 3. The predicted molar refractivity (Wildman–Crippen MR) is 198 cm³/mol. The van der Waals surface area contributed by atoms with Gasteiger partial charge in [-0.2, -0.15) is 6.07 Å². The molecule has 3 aromatic heterocycles. The maximum Gasteiger partial charge on any atom is 2.00 e. The first-order valence-electron chi connectivity index (χ1n) is 16.8. The van der Waals surface area contributed by atoms with Gasteiger partial charge in [-0.25, -0.2) is 4.98 Å². The van der Waals surface area contributed by atoms with Gasteiger partial charge in [-0.05, 0) is 52.4 Å². The van der Waals surface area contributed by atoms with Gasteiger partial charge in [0, 0.05) is 58.2 Å². The van der Waals surface area contributed by atoms with Crippen LogP contribution in [0.3, 0.4) is 0 Å². The molecule has 0 unspecified atom stereocenters. The smallest absolute Gasteiger partial charge is 0.523 e. The van der Waals surface area contributed by atoms with Crippen molar-refractivity contribution in [1.29, 1.82) is 0 Å². The number of pyridine rings is 1. The van der Waals surface area contributed by atoms with Crippen molar-refractivity contribution in [2.24, 2.45) is 0 Å². The number of nitrogens with zero attached hydrogens (tertiary/aromatic N) is 5. The molecule has 2 aliphatic rings. The SMILES string of the molecule is CC(C)(C)c1ccnc(-n2c3[c-]c(Oc4[c-]c5c(cc4)N4B(Oc6ccccc6-c6ccccc64)n4ccnc4-5)ccc3c3ccccc32)c1.[Pt+2]. The van der Waals surface area contributed by atoms with Gasteiger partial charge in [-0.1, -0.05) is 98.6 Å². The summed E-state index contributed by atoms with van der Waals surface area (Å²) in [5.74, 6) is 3.58. The van der Waals surface area contributed by atoms with E-state index in [4.69, 9.17) is 19.4 Å². The molecular weight excluding hydrogens is 812 g/mol. The maximum absolute atomic E-state index is 6.74. The second kappa shape index (κ2) is 11.7. The number of benzene rings is 5. The number of anilines is 2. The first-order chi connectivity index (χ1) is 24.4. The van der Waals surface area contributed by atoms with Gasteiger partial charge >= 0.3 is 28.3 Å². The molecule has 5 heterocycles. The quantitative estimate of drug-likeness (QED) is 0.131. The number of rotatable bonds is 3. The molecule has 2 aliphatic heterocycles. The Morgan fingerprint density at radius 1 is 0.725 bits per heavy atom. The number of hydrogen-bond acceptors (Lipinski definition) is 5. The molecule has 248 valence electrons. The molecule has 0 atom stereocenters. The van der Waals surface area contributed by atoms with Gasteiger partial charge in [0.05, 0.1) is 0 Å². The second-order valence-corrected chi connectivity index (χ2v) is 13.8. The number of hydrogen-bond donors (Lipinski definition) is 0. The van der Waals surface area contributed by atoms with Crippen LogP contribution in [-0.4, -0.2) is 26.2 Å². The van der Waals surface area contributed by atoms with E-state index in [2.05, 4.69) is 126 Å². The maximum atomic E-state index is 6.74. The van der Waals surface area contributed by atoms with Crippen molar-refractivity contribution in [2.75, 3.05) is 4.81 Å². The van der Waals surface area contributed by atoms with Crippen LogP contribution >= 0.6 is 0 Å². The van der Waals surface area contributed by atoms with Crippen molar-refractivity contribution in [2.45, 2.75) is 26.2 Å². The Bertz CT molecular complexity index is 2640. The summed E-state index contributed by atoms with van der Waals surface area (Å²) < 4.78 is 17.5. The molecule has 10 rings (SSSR count). The topological polar surface area (TPSA) is 57.3 Å². The molecule has 0 fully saturated rings. The van der Waals surface area contributed by atoms with E-state index in [0.717, 1.165) is 67.3 Å². The van der Waals surface area contributed by atoms with Crippen LogP contribution in [0.25, 0.3) is 50.1 Å². The van der Waals surface area contributed by atoms with Crippen LogP contribution in [0.1, 0.15) is 26.3 Å². The zero-order chi connectivity index (χ0) is 33.6. The molecule has 9 heteroatoms. The van der Waals surface area contributed by atoms with Crippen molar-refractivity contribution in [3.8, 4) is 45.6 Å². The fourth-order valence-electron chi connectivity index (χ4n) is 7.30. The normalized spacial score (nSPS) is 12.9. The number of fused-ring (bicyclic) bond motifs is 13. The fourth-order valence-corrected chi connectivity index (χ4v) is 7.30. The van der Waals surface area contributed by atoms with E-state index in [9.17, 15) is 0 Å². The molecule has 0 saturated heterocycles. The van der Waals surface area contributed by atoms with Crippen LogP contribution in [-0.2, 0) is 26.5 Å². The number of imidazole rings is 1. The summed E-state index contributed by atoms with van der Waals surface area (Å²) in [5, 5.41) is 2.22. The zero-order valence-corrected chi connectivity index (χ0v) is 30.3. The Hall–Kier alpha value is -5.59. The average molecular weight is 843 g/mol. The summed E-state index contributed by atoms with van der Waals surface area (Å²) in [6.07, 6.45) is 5.65. The summed E-state index contributed by atoms with van der Waals surface area (Å²) in [7, 11) is -0.465. The summed E-state index contributed by atoms with van der Waals surface area (Å²) >= 11 is 0. The number of ether oxygens (including phenoxy) is 1. The molecule has 0 amide bonds. The minimum Gasteiger partial charge on any atom is -0.523 e. The van der Waals surface area contributed by atoms with Crippen molar-refractivity contribution < 1.29 is 30.5 Å². The van der Waals surface area contributed by atoms with Crippen LogP contribution in [0.4, 0.5) is 11.4 Å². The minimum absolute atomic E-state index is 0. The molecule has 8 aromatic rings. The summed E-state index contributed by atoms with van der Waals surface area (Å²) in [6, 6.07) is 44.5. The molecule has 0 saturated carbocycles. The van der Waals surface area contributed by atoms with Crippen LogP contribution in [0.2, 0.25) is 0 Å². The Kier molecular flexibility index (Phi) is 7.23. The third-order valence-electron chi connectivity index (χ3n) is 9.70. The second-order valence-electron chi connectivity index (χ2n) is 13.8. The minimum atomic E-state index is -0.465. The van der Waals surface area contributed by atoms with Gasteiger partial charge in [-0.15, -0.1) is 23.6 Å². The molecule has 0 aliphatic carbocycles. The molecule has 7 nitrogen and oxygen atoms in total. The van der Waals surface area contributed by atoms with Crippen molar-refractivity contribution in [3.05, 3.63) is 145 Å². The standard InChI is InChI=1S/C42H30BN5O2.Pt/c1-42(2,3)27-20-21-44-40(24-27)47-35-13-7-4-10-30(35)32-18-16-29(26-38(32)47)49-28-17-19-37-34(25-28)41-45-22-23-46(41)43-48(37)36-14-8-5-11-31(36)33-12-6-9-15-39(33)50-43;/h4-24H,1-3H3;/q-2;+2. The van der Waals surface area contributed by atoms with Gasteiger partial charge in [-0.3, -0.25) is 4.98 Å². The van der Waals surface area contributed by atoms with E-state index in [1.54, 1.807) is 6.20 Å². The molecular formula is C42H30BN5O2Pt. The molecule has 51 heavy (non-hydrogen) atoms. The van der Waals surface area contributed by atoms with E-state index >= 15 is 0 Å². The van der Waals surface area contributed by atoms with Crippen molar-refractivity contribution in [1.82, 2.24) is 19.0 Å². The van der Waals surface area contributed by atoms with Crippen molar-refractivity contribution in [3.63, 3.8) is 0 Å². The molecule has 0 N–H and O–H groups in total. The first-order valence-corrected chi connectivity index (χ1v) is 16.8. The summed E-state index contributed by atoms with van der Waals surface area (Å²) in [4.78, 5) is 11.8. The van der Waals surface area contributed by atoms with E-state index in [1.165, 1.54) is 5.56 Å².